The van der Waals surface area contributed by atoms with Crippen LogP contribution in [0.5, 0.6) is 0 Å². The number of halogens is 3. The lowest BCUT2D eigenvalue weighted by atomic mass is 10.2. The Kier molecular flexibility index (Phi) is 8.25. The number of nitrogens with one attached hydrogen (secondary N) is 2. The molecular weight excluding hydrogens is 397 g/mol. The van der Waals surface area contributed by atoms with E-state index in [1.54, 1.807) is 6.07 Å². The van der Waals surface area contributed by atoms with E-state index in [4.69, 9.17) is 28.9 Å². The van der Waals surface area contributed by atoms with Gasteiger partial charge in [0, 0.05) is 25.6 Å². The van der Waals surface area contributed by atoms with Gasteiger partial charge in [0.05, 0.1) is 10.0 Å². The number of hydrogen-bond acceptors (Lipinski definition) is 4. The Labute approximate surface area is 157 Å². The van der Waals surface area contributed by atoms with Crippen LogP contribution >= 0.6 is 35.6 Å². The molecule has 0 radical (unpaired) electrons. The molecule has 6 nitrogen and oxygen atoms in total. The fourth-order valence-corrected chi connectivity index (χ4v) is 4.29. The molecule has 4 N–H and O–H groups in total. The van der Waals surface area contributed by atoms with Gasteiger partial charge in [0.15, 0.2) is 0 Å². The van der Waals surface area contributed by atoms with Gasteiger partial charge in [-0.3, -0.25) is 4.79 Å². The monoisotopic (exact) mass is 415 g/mol. The summed E-state index contributed by atoms with van der Waals surface area (Å²) in [5.41, 5.74) is 5.88. The summed E-state index contributed by atoms with van der Waals surface area (Å²) < 4.78 is 26.7. The maximum absolute atomic E-state index is 12.2. The second-order valence-electron chi connectivity index (χ2n) is 5.50. The number of benzene rings is 1. The van der Waals surface area contributed by atoms with Crippen LogP contribution in [-0.4, -0.2) is 33.5 Å². The lowest BCUT2D eigenvalue weighted by Gasteiger charge is -2.12. The van der Waals surface area contributed by atoms with Crippen molar-refractivity contribution in [1.29, 1.82) is 0 Å². The molecule has 0 bridgehead atoms. The van der Waals surface area contributed by atoms with Crippen molar-refractivity contribution in [2.75, 3.05) is 13.1 Å². The van der Waals surface area contributed by atoms with Crippen molar-refractivity contribution < 1.29 is 13.2 Å². The van der Waals surface area contributed by atoms with E-state index in [2.05, 4.69) is 10.0 Å². The van der Waals surface area contributed by atoms with Crippen LogP contribution in [0.15, 0.2) is 23.1 Å². The summed E-state index contributed by atoms with van der Waals surface area (Å²) >= 11 is 11.8. The number of nitrogens with two attached hydrogens (primary N) is 1. The molecule has 24 heavy (non-hydrogen) atoms. The molecule has 2 rings (SSSR count). The quantitative estimate of drug-likeness (QED) is 0.602. The van der Waals surface area contributed by atoms with E-state index in [9.17, 15) is 13.2 Å². The maximum atomic E-state index is 12.2. The van der Waals surface area contributed by atoms with Crippen LogP contribution in [0, 0.1) is 5.92 Å². The summed E-state index contributed by atoms with van der Waals surface area (Å²) in [5.74, 6) is 0.241. The van der Waals surface area contributed by atoms with Gasteiger partial charge in [-0.15, -0.1) is 12.4 Å². The zero-order valence-electron chi connectivity index (χ0n) is 12.8. The zero-order valence-corrected chi connectivity index (χ0v) is 15.9. The average Bonchev–Trinajstić information content (AvgIpc) is 3.28. The van der Waals surface area contributed by atoms with Crippen LogP contribution < -0.4 is 15.8 Å². The fourth-order valence-electron chi connectivity index (χ4n) is 2.12. The third-order valence-corrected chi connectivity index (χ3v) is 6.01. The van der Waals surface area contributed by atoms with E-state index in [0.29, 0.717) is 12.5 Å². The predicted molar refractivity (Wildman–Crippen MR) is 97.2 cm³/mol. The molecule has 1 aliphatic carbocycles. The average molecular weight is 417 g/mol. The molecule has 0 heterocycles. The first-order valence-corrected chi connectivity index (χ1v) is 9.51. The lowest BCUT2D eigenvalue weighted by Crippen LogP contribution is -2.39. The van der Waals surface area contributed by atoms with E-state index in [-0.39, 0.29) is 52.3 Å². The van der Waals surface area contributed by atoms with E-state index >= 15 is 0 Å². The second kappa shape index (κ2) is 9.22. The third-order valence-electron chi connectivity index (χ3n) is 3.59. The van der Waals surface area contributed by atoms with Crippen molar-refractivity contribution in [3.05, 3.63) is 28.2 Å². The molecule has 10 heteroatoms. The minimum Gasteiger partial charge on any atom is -0.354 e. The fraction of sp³-hybridized carbons (Fsp3) is 0.500. The summed E-state index contributed by atoms with van der Waals surface area (Å²) in [6.45, 7) is 0.362. The largest absolute Gasteiger partial charge is 0.354 e. The Morgan fingerprint density at radius 2 is 1.88 bits per heavy atom. The standard InChI is InChI=1S/C14H19Cl2N3O3S.ClH/c15-10-2-1-3-11(16)14(10)23(21,22)19-7-6-13(20)18-8-12(17)9-4-5-9;/h1-3,9,12,19H,4-8,17H2,(H,18,20);1H. The van der Waals surface area contributed by atoms with Gasteiger partial charge < -0.3 is 11.1 Å². The van der Waals surface area contributed by atoms with E-state index in [0.717, 1.165) is 12.8 Å². The van der Waals surface area contributed by atoms with Crippen molar-refractivity contribution >= 4 is 51.5 Å². The maximum Gasteiger partial charge on any atom is 0.243 e. The summed E-state index contributed by atoms with van der Waals surface area (Å²) in [6.07, 6.45) is 2.23. The molecule has 0 saturated heterocycles. The van der Waals surface area contributed by atoms with Crippen molar-refractivity contribution in [3.8, 4) is 0 Å². The first kappa shape index (κ1) is 21.5. The topological polar surface area (TPSA) is 101 Å². The van der Waals surface area contributed by atoms with Gasteiger partial charge >= 0.3 is 0 Å². The molecule has 1 aromatic rings. The molecule has 1 amide bonds. The number of sulfonamides is 1. The third kappa shape index (κ3) is 6.06. The Morgan fingerprint density at radius 1 is 1.29 bits per heavy atom. The molecule has 1 atom stereocenters. The molecule has 1 unspecified atom stereocenters. The lowest BCUT2D eigenvalue weighted by molar-refractivity contribution is -0.121. The number of carbonyl (C=O) groups excluding carboxylic acids is 1. The van der Waals surface area contributed by atoms with Gasteiger partial charge in [-0.2, -0.15) is 0 Å². The normalized spacial score (nSPS) is 15.5. The molecule has 0 aliphatic heterocycles. The second-order valence-corrected chi connectivity index (χ2v) is 8.02. The van der Waals surface area contributed by atoms with E-state index < -0.39 is 10.0 Å². The number of rotatable bonds is 8. The molecule has 1 aliphatic rings. The summed E-state index contributed by atoms with van der Waals surface area (Å²) in [4.78, 5) is 11.5. The molecule has 1 fully saturated rings. The highest BCUT2D eigenvalue weighted by Crippen LogP contribution is 2.31. The Hall–Kier alpha value is -0.570. The van der Waals surface area contributed by atoms with Crippen LogP contribution in [0.4, 0.5) is 0 Å². The summed E-state index contributed by atoms with van der Waals surface area (Å²) in [6, 6.07) is 4.40. The highest BCUT2D eigenvalue weighted by molar-refractivity contribution is 7.89. The molecule has 0 spiro atoms. The molecule has 1 saturated carbocycles. The minimum absolute atomic E-state index is 0. The van der Waals surface area contributed by atoms with Gasteiger partial charge in [0.2, 0.25) is 15.9 Å². The van der Waals surface area contributed by atoms with E-state index in [1.807, 2.05) is 0 Å². The van der Waals surface area contributed by atoms with E-state index in [1.165, 1.54) is 12.1 Å². The molecular formula is C14H20Cl3N3O3S. The van der Waals surface area contributed by atoms with Gasteiger partial charge in [0.25, 0.3) is 0 Å². The van der Waals surface area contributed by atoms with Gasteiger partial charge in [0.1, 0.15) is 4.90 Å². The summed E-state index contributed by atoms with van der Waals surface area (Å²) in [5, 5.41) is 2.77. The van der Waals surface area contributed by atoms with Crippen molar-refractivity contribution in [2.24, 2.45) is 11.7 Å². The van der Waals surface area contributed by atoms with Crippen molar-refractivity contribution in [2.45, 2.75) is 30.2 Å². The van der Waals surface area contributed by atoms with Crippen LogP contribution in [0.25, 0.3) is 0 Å². The Bertz CT molecular complexity index is 661. The SMILES string of the molecule is Cl.NC(CNC(=O)CCNS(=O)(=O)c1c(Cl)cccc1Cl)C1CC1. The smallest absolute Gasteiger partial charge is 0.243 e. The first-order chi connectivity index (χ1) is 10.8. The zero-order chi connectivity index (χ0) is 17.0. The first-order valence-electron chi connectivity index (χ1n) is 7.27. The van der Waals surface area contributed by atoms with Crippen LogP contribution in [-0.2, 0) is 14.8 Å². The number of amides is 1. The highest BCUT2D eigenvalue weighted by atomic mass is 35.5. The number of hydrogen-bond donors (Lipinski definition) is 3. The van der Waals surface area contributed by atoms with Crippen molar-refractivity contribution in [3.63, 3.8) is 0 Å². The molecule has 0 aromatic heterocycles. The van der Waals surface area contributed by atoms with Crippen LogP contribution in [0.3, 0.4) is 0 Å². The van der Waals surface area contributed by atoms with Crippen molar-refractivity contribution in [1.82, 2.24) is 10.0 Å². The summed E-state index contributed by atoms with van der Waals surface area (Å²) in [7, 11) is -3.87. The Balaban J connectivity index is 0.00000288. The highest BCUT2D eigenvalue weighted by Gasteiger charge is 2.28. The van der Waals surface area contributed by atoms with Crippen LogP contribution in [0.2, 0.25) is 10.0 Å². The number of carbonyl (C=O) groups is 1. The predicted octanol–water partition coefficient (Wildman–Crippen LogP) is 1.94. The molecule has 1 aromatic carbocycles. The Morgan fingerprint density at radius 3 is 2.42 bits per heavy atom. The minimum atomic E-state index is -3.87. The van der Waals surface area contributed by atoms with Gasteiger partial charge in [-0.1, -0.05) is 29.3 Å². The molecule has 136 valence electrons. The van der Waals surface area contributed by atoms with Crippen LogP contribution in [0.1, 0.15) is 19.3 Å². The van der Waals surface area contributed by atoms with Gasteiger partial charge in [-0.05, 0) is 30.9 Å². The van der Waals surface area contributed by atoms with Gasteiger partial charge in [-0.25, -0.2) is 13.1 Å².